The lowest BCUT2D eigenvalue weighted by Gasteiger charge is -2.36. The second-order valence-corrected chi connectivity index (χ2v) is 10.0. The lowest BCUT2D eigenvalue weighted by Crippen LogP contribution is -2.50. The molecule has 4 rings (SSSR count). The summed E-state index contributed by atoms with van der Waals surface area (Å²) < 4.78 is 49.5. The van der Waals surface area contributed by atoms with Gasteiger partial charge in [0.05, 0.1) is 35.9 Å². The first kappa shape index (κ1) is 23.8. The maximum absolute atomic E-state index is 13.9. The fraction of sp³-hybridized carbons (Fsp3) is 0.364. The normalized spacial score (nSPS) is 21.2. The summed E-state index contributed by atoms with van der Waals surface area (Å²) in [5.74, 6) is -0.363. The lowest BCUT2D eigenvalue weighted by atomic mass is 9.98. The average Bonchev–Trinajstić information content (AvgIpc) is 3.27. The number of halogens is 2. The van der Waals surface area contributed by atoms with Crippen LogP contribution in [0.5, 0.6) is 0 Å². The van der Waals surface area contributed by atoms with Crippen LogP contribution in [0.1, 0.15) is 19.3 Å². The molecule has 2 N–H and O–H groups in total. The molecule has 1 saturated heterocycles. The summed E-state index contributed by atoms with van der Waals surface area (Å²) >= 11 is 5.83. The molecule has 1 fully saturated rings. The third-order valence-electron chi connectivity index (χ3n) is 5.59. The highest BCUT2D eigenvalue weighted by Crippen LogP contribution is 2.25. The molecule has 1 aromatic heterocycles. The van der Waals surface area contributed by atoms with E-state index in [1.165, 1.54) is 30.3 Å². The van der Waals surface area contributed by atoms with E-state index >= 15 is 0 Å². The van der Waals surface area contributed by atoms with Gasteiger partial charge in [-0.25, -0.2) is 17.5 Å². The van der Waals surface area contributed by atoms with Crippen LogP contribution in [0.2, 0.25) is 5.02 Å². The summed E-state index contributed by atoms with van der Waals surface area (Å²) in [5.41, 5.74) is 0.830. The first-order valence-corrected chi connectivity index (χ1v) is 12.4. The van der Waals surface area contributed by atoms with E-state index in [0.29, 0.717) is 42.1 Å². The molecule has 0 spiro atoms. The molecule has 8 nitrogen and oxygen atoms in total. The topological polar surface area (TPSA) is 106 Å². The third-order valence-corrected chi connectivity index (χ3v) is 7.35. The molecule has 176 valence electrons. The minimum Gasteiger partial charge on any atom is -0.394 e. The second-order valence-electron chi connectivity index (χ2n) is 7.87. The number of hydrogen-bond acceptors (Lipinski definition) is 6. The number of benzene rings is 2. The highest BCUT2D eigenvalue weighted by Gasteiger charge is 2.34. The molecule has 1 aliphatic rings. The summed E-state index contributed by atoms with van der Waals surface area (Å²) in [5, 5.41) is 18.3. The van der Waals surface area contributed by atoms with Crippen molar-refractivity contribution < 1.29 is 22.7 Å². The molecule has 1 aliphatic heterocycles. The van der Waals surface area contributed by atoms with Gasteiger partial charge in [-0.2, -0.15) is 0 Å². The molecule has 0 bridgehead atoms. The van der Waals surface area contributed by atoms with Crippen molar-refractivity contribution in [2.24, 2.45) is 0 Å². The number of hydrogen-bond donors (Lipinski definition) is 2. The van der Waals surface area contributed by atoms with Crippen molar-refractivity contribution in [3.05, 3.63) is 65.6 Å². The van der Waals surface area contributed by atoms with Crippen molar-refractivity contribution in [3.8, 4) is 11.3 Å². The SMILES string of the molecule is O=S(=O)(N[C@H]1CC[C@@H](CCn2cc(-c3ccccc3F)nn2)O[C@H]1CO)c1ccc(Cl)cc1. The minimum atomic E-state index is -3.77. The van der Waals surface area contributed by atoms with E-state index in [4.69, 9.17) is 16.3 Å². The fourth-order valence-corrected chi connectivity index (χ4v) is 5.26. The molecule has 11 heteroatoms. The largest absolute Gasteiger partial charge is 0.394 e. The van der Waals surface area contributed by atoms with E-state index in [2.05, 4.69) is 15.0 Å². The maximum Gasteiger partial charge on any atom is 0.240 e. The summed E-state index contributed by atoms with van der Waals surface area (Å²) in [6, 6.07) is 11.7. The van der Waals surface area contributed by atoms with Gasteiger partial charge in [-0.1, -0.05) is 28.9 Å². The van der Waals surface area contributed by atoms with Crippen LogP contribution in [0.25, 0.3) is 11.3 Å². The predicted octanol–water partition coefficient (Wildman–Crippen LogP) is 3.01. The molecule has 3 aromatic rings. The van der Waals surface area contributed by atoms with Crippen molar-refractivity contribution in [1.82, 2.24) is 19.7 Å². The quantitative estimate of drug-likeness (QED) is 0.498. The van der Waals surface area contributed by atoms with Crippen LogP contribution >= 0.6 is 11.6 Å². The van der Waals surface area contributed by atoms with E-state index in [1.54, 1.807) is 29.1 Å². The summed E-state index contributed by atoms with van der Waals surface area (Å²) in [6.07, 6.45) is 2.54. The Hall–Kier alpha value is -2.37. The number of aliphatic hydroxyl groups is 1. The Morgan fingerprint density at radius 2 is 1.94 bits per heavy atom. The highest BCUT2D eigenvalue weighted by molar-refractivity contribution is 7.89. The standard InChI is InChI=1S/C22H24ClFN4O4S/c23-15-5-8-17(9-6-15)33(30,31)26-20-10-7-16(32-22(20)14-29)11-12-28-13-21(25-27-28)18-3-1-2-4-19(18)24/h1-6,8-9,13,16,20,22,26,29H,7,10-12,14H2/t16-,20-,22-/m0/s1. The van der Waals surface area contributed by atoms with Crippen LogP contribution in [0, 0.1) is 5.82 Å². The first-order chi connectivity index (χ1) is 15.9. The van der Waals surface area contributed by atoms with Crippen LogP contribution in [-0.4, -0.2) is 53.4 Å². The number of aromatic nitrogens is 3. The number of ether oxygens (including phenoxy) is 1. The lowest BCUT2D eigenvalue weighted by molar-refractivity contribution is -0.0891. The third kappa shape index (κ3) is 5.77. The summed E-state index contributed by atoms with van der Waals surface area (Å²) in [7, 11) is -3.77. The molecular formula is C22H24ClFN4O4S. The number of rotatable bonds is 8. The zero-order valence-electron chi connectivity index (χ0n) is 17.6. The number of aryl methyl sites for hydroxylation is 1. The van der Waals surface area contributed by atoms with Gasteiger partial charge in [-0.05, 0) is 55.7 Å². The van der Waals surface area contributed by atoms with Crippen LogP contribution < -0.4 is 4.72 Å². The van der Waals surface area contributed by atoms with Crippen molar-refractivity contribution >= 4 is 21.6 Å². The van der Waals surface area contributed by atoms with Gasteiger partial charge in [0.1, 0.15) is 11.5 Å². The fourth-order valence-electron chi connectivity index (χ4n) is 3.84. The molecule has 0 saturated carbocycles. The predicted molar refractivity (Wildman–Crippen MR) is 121 cm³/mol. The highest BCUT2D eigenvalue weighted by atomic mass is 35.5. The van der Waals surface area contributed by atoms with E-state index in [0.717, 1.165) is 0 Å². The van der Waals surface area contributed by atoms with Crippen molar-refractivity contribution in [3.63, 3.8) is 0 Å². The Kier molecular flexibility index (Phi) is 7.40. The summed E-state index contributed by atoms with van der Waals surface area (Å²) in [4.78, 5) is 0.0996. The minimum absolute atomic E-state index is 0.0996. The molecule has 0 aliphatic carbocycles. The monoisotopic (exact) mass is 494 g/mol. The van der Waals surface area contributed by atoms with Gasteiger partial charge in [0.15, 0.2) is 0 Å². The van der Waals surface area contributed by atoms with Crippen LogP contribution in [0.15, 0.2) is 59.6 Å². The van der Waals surface area contributed by atoms with E-state index in [1.807, 2.05) is 0 Å². The number of nitrogens with zero attached hydrogens (tertiary/aromatic N) is 3. The molecule has 0 radical (unpaired) electrons. The first-order valence-electron chi connectivity index (χ1n) is 10.5. The Labute approximate surface area is 196 Å². The zero-order valence-corrected chi connectivity index (χ0v) is 19.2. The smallest absolute Gasteiger partial charge is 0.240 e. The number of aliphatic hydroxyl groups excluding tert-OH is 1. The Morgan fingerprint density at radius 1 is 1.18 bits per heavy atom. The van der Waals surface area contributed by atoms with Gasteiger partial charge in [0.25, 0.3) is 0 Å². The second kappa shape index (κ2) is 10.3. The van der Waals surface area contributed by atoms with Crippen molar-refractivity contribution in [2.75, 3.05) is 6.61 Å². The van der Waals surface area contributed by atoms with E-state index < -0.39 is 22.2 Å². The average molecular weight is 495 g/mol. The molecule has 0 amide bonds. The zero-order chi connectivity index (χ0) is 23.4. The van der Waals surface area contributed by atoms with Gasteiger partial charge in [0, 0.05) is 17.1 Å². The molecule has 33 heavy (non-hydrogen) atoms. The van der Waals surface area contributed by atoms with Crippen LogP contribution in [-0.2, 0) is 21.3 Å². The van der Waals surface area contributed by atoms with Gasteiger partial charge in [0.2, 0.25) is 10.0 Å². The van der Waals surface area contributed by atoms with Crippen LogP contribution in [0.3, 0.4) is 0 Å². The molecule has 2 aromatic carbocycles. The van der Waals surface area contributed by atoms with Gasteiger partial charge < -0.3 is 9.84 Å². The molecule has 2 heterocycles. The Balaban J connectivity index is 1.34. The summed E-state index contributed by atoms with van der Waals surface area (Å²) in [6.45, 7) is 0.177. The number of nitrogens with one attached hydrogen (secondary N) is 1. The van der Waals surface area contributed by atoms with Gasteiger partial charge in [-0.15, -0.1) is 5.10 Å². The van der Waals surface area contributed by atoms with Gasteiger partial charge in [-0.3, -0.25) is 4.68 Å². The van der Waals surface area contributed by atoms with Crippen molar-refractivity contribution in [2.45, 2.75) is 49.0 Å². The number of sulfonamides is 1. The maximum atomic E-state index is 13.9. The Bertz CT molecular complexity index is 1190. The molecule has 3 atom stereocenters. The van der Waals surface area contributed by atoms with Gasteiger partial charge >= 0.3 is 0 Å². The van der Waals surface area contributed by atoms with E-state index in [-0.39, 0.29) is 23.4 Å². The molecular weight excluding hydrogens is 471 g/mol. The molecule has 0 unspecified atom stereocenters. The van der Waals surface area contributed by atoms with Crippen LogP contribution in [0.4, 0.5) is 4.39 Å². The van der Waals surface area contributed by atoms with E-state index in [9.17, 15) is 17.9 Å². The Morgan fingerprint density at radius 3 is 2.67 bits per heavy atom. The van der Waals surface area contributed by atoms with Crippen molar-refractivity contribution in [1.29, 1.82) is 0 Å².